The molecule has 0 aromatic carbocycles. The Morgan fingerprint density at radius 1 is 1.00 bits per heavy atom. The van der Waals surface area contributed by atoms with Crippen molar-refractivity contribution < 1.29 is 17.9 Å². The quantitative estimate of drug-likeness (QED) is 0.687. The fourth-order valence-electron chi connectivity index (χ4n) is 5.05. The lowest BCUT2D eigenvalue weighted by Crippen LogP contribution is -2.59. The van der Waals surface area contributed by atoms with Crippen LogP contribution in [-0.4, -0.2) is 93.4 Å². The number of carbonyl (C=O) groups excluding carboxylic acids is 1. The van der Waals surface area contributed by atoms with Gasteiger partial charge in [-0.1, -0.05) is 12.8 Å². The predicted molar refractivity (Wildman–Crippen MR) is 104 cm³/mol. The van der Waals surface area contributed by atoms with Crippen LogP contribution in [0, 0.1) is 11.3 Å². The molecule has 0 radical (unpaired) electrons. The second-order valence-corrected chi connectivity index (χ2v) is 9.87. The van der Waals surface area contributed by atoms with Crippen LogP contribution in [0.1, 0.15) is 25.7 Å². The number of piperazine rings is 1. The SMILES string of the molecule is Cl.O=C(N1CCN(S(=O)(=O)N2CCOCC2)CC1)[C@@]12CCCC[C@H]1CNC2. The van der Waals surface area contributed by atoms with E-state index in [1.807, 2.05) is 4.90 Å². The molecule has 156 valence electrons. The van der Waals surface area contributed by atoms with Crippen molar-refractivity contribution >= 4 is 28.5 Å². The maximum absolute atomic E-state index is 13.3. The molecule has 1 saturated carbocycles. The molecule has 0 spiro atoms. The minimum atomic E-state index is -3.44. The molecule has 27 heavy (non-hydrogen) atoms. The molecule has 0 bridgehead atoms. The Labute approximate surface area is 168 Å². The number of hydrogen-bond donors (Lipinski definition) is 1. The average molecular weight is 423 g/mol. The molecule has 0 unspecified atom stereocenters. The minimum Gasteiger partial charge on any atom is -0.379 e. The Kier molecular flexibility index (Phi) is 6.70. The van der Waals surface area contributed by atoms with E-state index in [4.69, 9.17) is 4.74 Å². The first kappa shape index (κ1) is 21.3. The van der Waals surface area contributed by atoms with Crippen LogP contribution < -0.4 is 5.32 Å². The number of hydrogen-bond acceptors (Lipinski definition) is 5. The van der Waals surface area contributed by atoms with E-state index in [2.05, 4.69) is 5.32 Å². The van der Waals surface area contributed by atoms with E-state index in [1.54, 1.807) is 0 Å². The number of amides is 1. The minimum absolute atomic E-state index is 0. The van der Waals surface area contributed by atoms with Crippen LogP contribution in [0.25, 0.3) is 0 Å². The fourth-order valence-corrected chi connectivity index (χ4v) is 6.61. The highest BCUT2D eigenvalue weighted by Gasteiger charge is 2.51. The number of ether oxygens (including phenoxy) is 1. The Hall–Kier alpha value is -0.450. The third kappa shape index (κ3) is 3.86. The Morgan fingerprint density at radius 3 is 2.37 bits per heavy atom. The maximum atomic E-state index is 13.3. The van der Waals surface area contributed by atoms with Crippen LogP contribution in [0.3, 0.4) is 0 Å². The van der Waals surface area contributed by atoms with Crippen molar-refractivity contribution in [2.24, 2.45) is 11.3 Å². The van der Waals surface area contributed by atoms with Gasteiger partial charge in [-0.25, -0.2) is 0 Å². The number of morpholine rings is 1. The summed E-state index contributed by atoms with van der Waals surface area (Å²) in [7, 11) is -3.44. The Morgan fingerprint density at radius 2 is 1.67 bits per heavy atom. The van der Waals surface area contributed by atoms with E-state index in [-0.39, 0.29) is 23.7 Å². The van der Waals surface area contributed by atoms with Crippen LogP contribution in [0.2, 0.25) is 0 Å². The van der Waals surface area contributed by atoms with Gasteiger partial charge in [-0.2, -0.15) is 17.0 Å². The van der Waals surface area contributed by atoms with Gasteiger partial charge in [0.15, 0.2) is 0 Å². The molecule has 0 aromatic heterocycles. The second-order valence-electron chi connectivity index (χ2n) is 7.94. The first-order chi connectivity index (χ1) is 12.5. The van der Waals surface area contributed by atoms with Gasteiger partial charge in [0.1, 0.15) is 0 Å². The fraction of sp³-hybridized carbons (Fsp3) is 0.941. The summed E-state index contributed by atoms with van der Waals surface area (Å²) in [6.45, 7) is 5.23. The molecule has 10 heteroatoms. The molecule has 1 amide bonds. The van der Waals surface area contributed by atoms with Gasteiger partial charge in [-0.3, -0.25) is 4.79 Å². The molecule has 4 fully saturated rings. The largest absolute Gasteiger partial charge is 0.379 e. The van der Waals surface area contributed by atoms with Gasteiger partial charge >= 0.3 is 0 Å². The molecule has 2 atom stereocenters. The number of halogens is 1. The van der Waals surface area contributed by atoms with Crippen LogP contribution in [0.15, 0.2) is 0 Å². The summed E-state index contributed by atoms with van der Waals surface area (Å²) in [5.41, 5.74) is -0.247. The van der Waals surface area contributed by atoms with E-state index in [9.17, 15) is 13.2 Å². The molecule has 3 saturated heterocycles. The second kappa shape index (κ2) is 8.51. The summed E-state index contributed by atoms with van der Waals surface area (Å²) in [4.78, 5) is 15.2. The molecular formula is C17H31ClN4O4S. The van der Waals surface area contributed by atoms with Crippen LogP contribution in [0.5, 0.6) is 0 Å². The Bertz CT molecular complexity index is 635. The van der Waals surface area contributed by atoms with Gasteiger partial charge in [0.05, 0.1) is 18.6 Å². The van der Waals surface area contributed by atoms with Gasteiger partial charge in [0, 0.05) is 45.8 Å². The highest BCUT2D eigenvalue weighted by molar-refractivity contribution is 7.86. The normalized spacial score (nSPS) is 33.3. The summed E-state index contributed by atoms with van der Waals surface area (Å²) in [6, 6.07) is 0. The number of nitrogens with zero attached hydrogens (tertiary/aromatic N) is 3. The lowest BCUT2D eigenvalue weighted by molar-refractivity contribution is -0.146. The number of rotatable bonds is 3. The van der Waals surface area contributed by atoms with E-state index < -0.39 is 10.2 Å². The number of carbonyl (C=O) groups is 1. The van der Waals surface area contributed by atoms with Gasteiger partial charge in [0.2, 0.25) is 5.91 Å². The zero-order chi connectivity index (χ0) is 18.2. The van der Waals surface area contributed by atoms with E-state index in [0.29, 0.717) is 58.4 Å². The van der Waals surface area contributed by atoms with Crippen molar-refractivity contribution in [3.8, 4) is 0 Å². The molecule has 8 nitrogen and oxygen atoms in total. The summed E-state index contributed by atoms with van der Waals surface area (Å²) < 4.78 is 33.9. The zero-order valence-electron chi connectivity index (χ0n) is 15.8. The summed E-state index contributed by atoms with van der Waals surface area (Å²) in [5.74, 6) is 0.689. The summed E-state index contributed by atoms with van der Waals surface area (Å²) in [6.07, 6.45) is 4.43. The maximum Gasteiger partial charge on any atom is 0.282 e. The van der Waals surface area contributed by atoms with E-state index >= 15 is 0 Å². The smallest absolute Gasteiger partial charge is 0.282 e. The van der Waals surface area contributed by atoms with Gasteiger partial charge in [-0.05, 0) is 25.3 Å². The van der Waals surface area contributed by atoms with Crippen LogP contribution in [-0.2, 0) is 19.7 Å². The molecule has 0 aromatic rings. The lowest BCUT2D eigenvalue weighted by atomic mass is 9.67. The number of fused-ring (bicyclic) bond motifs is 1. The summed E-state index contributed by atoms with van der Waals surface area (Å²) in [5, 5.41) is 3.43. The molecule has 4 rings (SSSR count). The van der Waals surface area contributed by atoms with Gasteiger partial charge < -0.3 is 15.0 Å². The summed E-state index contributed by atoms with van der Waals surface area (Å²) >= 11 is 0. The van der Waals surface area contributed by atoms with Crippen molar-refractivity contribution in [1.29, 1.82) is 0 Å². The molecule has 1 aliphatic carbocycles. The lowest BCUT2D eigenvalue weighted by Gasteiger charge is -2.44. The standard InChI is InChI=1S/C17H30N4O4S.ClH/c22-16(17-4-2-1-3-15(17)13-18-14-17)19-5-7-20(8-6-19)26(23,24)21-9-11-25-12-10-21;/h15,18H,1-14H2;1H/t15-,17+;/m0./s1. The average Bonchev–Trinajstić information content (AvgIpc) is 3.13. The van der Waals surface area contributed by atoms with Crippen LogP contribution >= 0.6 is 12.4 Å². The molecule has 3 aliphatic heterocycles. The Balaban J connectivity index is 0.00000210. The first-order valence-corrected chi connectivity index (χ1v) is 11.3. The molecule has 1 N–H and O–H groups in total. The third-order valence-corrected chi connectivity index (χ3v) is 8.65. The van der Waals surface area contributed by atoms with Crippen LogP contribution in [0.4, 0.5) is 0 Å². The van der Waals surface area contributed by atoms with Crippen molar-refractivity contribution in [3.63, 3.8) is 0 Å². The number of nitrogens with one attached hydrogen (secondary N) is 1. The van der Waals surface area contributed by atoms with Crippen molar-refractivity contribution in [1.82, 2.24) is 18.8 Å². The van der Waals surface area contributed by atoms with Gasteiger partial charge in [-0.15, -0.1) is 12.4 Å². The first-order valence-electron chi connectivity index (χ1n) is 9.87. The highest BCUT2D eigenvalue weighted by atomic mass is 35.5. The van der Waals surface area contributed by atoms with Crippen molar-refractivity contribution in [2.75, 3.05) is 65.6 Å². The molecule has 3 heterocycles. The van der Waals surface area contributed by atoms with Crippen molar-refractivity contribution in [3.05, 3.63) is 0 Å². The van der Waals surface area contributed by atoms with E-state index in [0.717, 1.165) is 32.4 Å². The molecule has 4 aliphatic rings. The highest BCUT2D eigenvalue weighted by Crippen LogP contribution is 2.45. The predicted octanol–water partition coefficient (Wildman–Crippen LogP) is -0.0908. The zero-order valence-corrected chi connectivity index (χ0v) is 17.4. The monoisotopic (exact) mass is 422 g/mol. The topological polar surface area (TPSA) is 82.2 Å². The van der Waals surface area contributed by atoms with Gasteiger partial charge in [0.25, 0.3) is 10.2 Å². The van der Waals surface area contributed by atoms with Crippen molar-refractivity contribution in [2.45, 2.75) is 25.7 Å². The van der Waals surface area contributed by atoms with E-state index in [1.165, 1.54) is 15.0 Å². The molecular weight excluding hydrogens is 392 g/mol. The third-order valence-electron chi connectivity index (χ3n) is 6.61.